The summed E-state index contributed by atoms with van der Waals surface area (Å²) in [6, 6.07) is 0. The van der Waals surface area contributed by atoms with Gasteiger partial charge in [0.25, 0.3) is 0 Å². The Balaban J connectivity index is 4.46. The van der Waals surface area contributed by atoms with Crippen LogP contribution in [0.4, 0.5) is 0 Å². The number of hydrogen-bond donors (Lipinski definition) is 0. The molecule has 0 aromatic heterocycles. The Bertz CT molecular complexity index is 1270. The van der Waals surface area contributed by atoms with Gasteiger partial charge in [0.2, 0.25) is 0 Å². The van der Waals surface area contributed by atoms with E-state index in [9.17, 15) is 14.4 Å². The molecule has 0 unspecified atom stereocenters. The lowest BCUT2D eigenvalue weighted by Crippen LogP contribution is -2.30. The van der Waals surface area contributed by atoms with Crippen LogP contribution in [0.5, 0.6) is 0 Å². The van der Waals surface area contributed by atoms with E-state index < -0.39 is 6.10 Å². The zero-order valence-electron chi connectivity index (χ0n) is 42.5. The second-order valence-electron chi connectivity index (χ2n) is 17.8. The third-order valence-corrected chi connectivity index (χ3v) is 11.4. The van der Waals surface area contributed by atoms with Crippen molar-refractivity contribution in [3.63, 3.8) is 0 Å². The standard InChI is InChI=1S/C59H100O6/c1-4-7-10-13-16-19-22-25-27-28-29-30-32-34-37-40-43-46-49-52-58(61)64-55-56(54-63-57(60)51-48-45-42-39-36-33-24-21-18-15-12-9-6-3)65-59(62)53-50-47-44-41-38-35-31-26-23-20-17-14-11-8-5-2/h7,10,16-17,19-20,25-27,29-31,34,37,56H,4-6,8-9,11-15,18,21-24,28,32-33,35-36,38-55H2,1-3H3/b10-7-,19-16-,20-17-,27-25-,30-29-,31-26-,37-34-/t56-/m0/s1. The van der Waals surface area contributed by atoms with Crippen LogP contribution in [0.15, 0.2) is 85.1 Å². The van der Waals surface area contributed by atoms with E-state index in [1.54, 1.807) is 0 Å². The van der Waals surface area contributed by atoms with Crippen LogP contribution in [0.25, 0.3) is 0 Å². The Morgan fingerprint density at radius 3 is 0.985 bits per heavy atom. The molecule has 0 aromatic rings. The topological polar surface area (TPSA) is 78.9 Å². The highest BCUT2D eigenvalue weighted by Gasteiger charge is 2.19. The average molecular weight is 905 g/mol. The number of carbonyl (C=O) groups is 3. The van der Waals surface area contributed by atoms with Crippen molar-refractivity contribution in [3.8, 4) is 0 Å². The van der Waals surface area contributed by atoms with E-state index in [-0.39, 0.29) is 31.1 Å². The first-order valence-electron chi connectivity index (χ1n) is 27.1. The maximum atomic E-state index is 12.8. The van der Waals surface area contributed by atoms with Crippen LogP contribution in [0.3, 0.4) is 0 Å². The predicted molar refractivity (Wildman–Crippen MR) is 279 cm³/mol. The van der Waals surface area contributed by atoms with E-state index in [4.69, 9.17) is 14.2 Å². The molecule has 0 saturated heterocycles. The molecule has 0 saturated carbocycles. The molecule has 0 rings (SSSR count). The summed E-state index contributed by atoms with van der Waals surface area (Å²) >= 11 is 0. The highest BCUT2D eigenvalue weighted by atomic mass is 16.6. The van der Waals surface area contributed by atoms with E-state index in [1.165, 1.54) is 89.9 Å². The van der Waals surface area contributed by atoms with Gasteiger partial charge in [0.1, 0.15) is 13.2 Å². The lowest BCUT2D eigenvalue weighted by molar-refractivity contribution is -0.167. The van der Waals surface area contributed by atoms with Crippen molar-refractivity contribution in [2.75, 3.05) is 13.2 Å². The maximum absolute atomic E-state index is 12.8. The molecule has 1 atom stereocenters. The summed E-state index contributed by atoms with van der Waals surface area (Å²) < 4.78 is 16.8. The van der Waals surface area contributed by atoms with Gasteiger partial charge in [0.05, 0.1) is 0 Å². The molecule has 0 radical (unpaired) electrons. The van der Waals surface area contributed by atoms with Crippen molar-refractivity contribution >= 4 is 17.9 Å². The Hall–Kier alpha value is -3.41. The smallest absolute Gasteiger partial charge is 0.306 e. The predicted octanol–water partition coefficient (Wildman–Crippen LogP) is 18.0. The zero-order chi connectivity index (χ0) is 47.2. The number of rotatable bonds is 48. The molecule has 0 amide bonds. The molecule has 0 aliphatic rings. The minimum Gasteiger partial charge on any atom is -0.462 e. The van der Waals surface area contributed by atoms with Crippen LogP contribution in [-0.2, 0) is 28.6 Å². The molecule has 0 spiro atoms. The molecule has 0 N–H and O–H groups in total. The van der Waals surface area contributed by atoms with Crippen LogP contribution < -0.4 is 0 Å². The Labute approximate surface area is 401 Å². The van der Waals surface area contributed by atoms with Gasteiger partial charge in [-0.05, 0) is 96.3 Å². The van der Waals surface area contributed by atoms with Gasteiger partial charge in [-0.1, -0.05) is 221 Å². The molecule has 372 valence electrons. The Morgan fingerprint density at radius 2 is 0.600 bits per heavy atom. The molecule has 0 aromatic carbocycles. The highest BCUT2D eigenvalue weighted by Crippen LogP contribution is 2.15. The fourth-order valence-corrected chi connectivity index (χ4v) is 7.32. The number of unbranched alkanes of at least 4 members (excludes halogenated alkanes) is 23. The van der Waals surface area contributed by atoms with E-state index >= 15 is 0 Å². The summed E-state index contributed by atoms with van der Waals surface area (Å²) in [6.07, 6.45) is 68.5. The summed E-state index contributed by atoms with van der Waals surface area (Å²) in [5.74, 6) is -0.936. The molecule has 65 heavy (non-hydrogen) atoms. The third-order valence-electron chi connectivity index (χ3n) is 11.4. The summed E-state index contributed by atoms with van der Waals surface area (Å²) in [5.41, 5.74) is 0. The first kappa shape index (κ1) is 61.6. The van der Waals surface area contributed by atoms with Crippen LogP contribution in [0.2, 0.25) is 0 Å². The van der Waals surface area contributed by atoms with Crippen molar-refractivity contribution in [2.24, 2.45) is 0 Å². The number of ether oxygens (including phenoxy) is 3. The van der Waals surface area contributed by atoms with Crippen molar-refractivity contribution in [2.45, 2.75) is 258 Å². The largest absolute Gasteiger partial charge is 0.462 e. The van der Waals surface area contributed by atoms with Crippen LogP contribution in [0, 0.1) is 0 Å². The van der Waals surface area contributed by atoms with Gasteiger partial charge in [-0.3, -0.25) is 14.4 Å². The summed E-state index contributed by atoms with van der Waals surface area (Å²) in [7, 11) is 0. The van der Waals surface area contributed by atoms with Crippen molar-refractivity contribution in [1.82, 2.24) is 0 Å². The maximum Gasteiger partial charge on any atom is 0.306 e. The van der Waals surface area contributed by atoms with Gasteiger partial charge in [0, 0.05) is 19.3 Å². The van der Waals surface area contributed by atoms with Gasteiger partial charge in [-0.2, -0.15) is 0 Å². The number of carbonyl (C=O) groups excluding carboxylic acids is 3. The minimum absolute atomic E-state index is 0.0916. The molecule has 0 fully saturated rings. The quantitative estimate of drug-likeness (QED) is 0.0262. The summed E-state index contributed by atoms with van der Waals surface area (Å²) in [6.45, 7) is 6.46. The molecule has 6 heteroatoms. The minimum atomic E-state index is -0.796. The molecule has 0 bridgehead atoms. The zero-order valence-corrected chi connectivity index (χ0v) is 42.5. The molecular weight excluding hydrogens is 805 g/mol. The number of hydrogen-bond acceptors (Lipinski definition) is 6. The highest BCUT2D eigenvalue weighted by molar-refractivity contribution is 5.71. The molecular formula is C59H100O6. The first-order chi connectivity index (χ1) is 32.0. The molecule has 0 heterocycles. The fraction of sp³-hybridized carbons (Fsp3) is 0.712. The summed E-state index contributed by atoms with van der Waals surface area (Å²) in [5, 5.41) is 0. The normalized spacial score (nSPS) is 12.7. The monoisotopic (exact) mass is 905 g/mol. The fourth-order valence-electron chi connectivity index (χ4n) is 7.32. The Kier molecular flexibility index (Phi) is 50.4. The van der Waals surface area contributed by atoms with Crippen LogP contribution >= 0.6 is 0 Å². The molecule has 6 nitrogen and oxygen atoms in total. The van der Waals surface area contributed by atoms with Gasteiger partial charge < -0.3 is 14.2 Å². The molecule has 0 aliphatic carbocycles. The van der Waals surface area contributed by atoms with Gasteiger partial charge >= 0.3 is 17.9 Å². The Morgan fingerprint density at radius 1 is 0.323 bits per heavy atom. The summed E-state index contributed by atoms with van der Waals surface area (Å²) in [4.78, 5) is 38.0. The van der Waals surface area contributed by atoms with Gasteiger partial charge in [-0.15, -0.1) is 0 Å². The van der Waals surface area contributed by atoms with Gasteiger partial charge in [0.15, 0.2) is 6.10 Å². The lowest BCUT2D eigenvalue weighted by Gasteiger charge is -2.18. The third kappa shape index (κ3) is 51.4. The van der Waals surface area contributed by atoms with E-state index in [2.05, 4.69) is 106 Å². The number of esters is 3. The second-order valence-corrected chi connectivity index (χ2v) is 17.8. The van der Waals surface area contributed by atoms with E-state index in [0.29, 0.717) is 19.3 Å². The average Bonchev–Trinajstić information content (AvgIpc) is 3.30. The van der Waals surface area contributed by atoms with Crippen LogP contribution in [0.1, 0.15) is 252 Å². The second kappa shape index (κ2) is 53.2. The van der Waals surface area contributed by atoms with Crippen molar-refractivity contribution in [3.05, 3.63) is 85.1 Å². The number of allylic oxidation sites excluding steroid dienone is 14. The van der Waals surface area contributed by atoms with Crippen molar-refractivity contribution in [1.29, 1.82) is 0 Å². The van der Waals surface area contributed by atoms with Crippen LogP contribution in [-0.4, -0.2) is 37.2 Å². The SMILES string of the molecule is CC/C=C\C/C=C\C/C=C\C/C=C\C/C=C\CCCCCC(=O)OC[C@H](COC(=O)CCCCCCCCCCCCCCC)OC(=O)CCCCCCC/C=C\C/C=C\CCCCC. The lowest BCUT2D eigenvalue weighted by atomic mass is 10.0. The van der Waals surface area contributed by atoms with Crippen molar-refractivity contribution < 1.29 is 28.6 Å². The van der Waals surface area contributed by atoms with Gasteiger partial charge in [-0.25, -0.2) is 0 Å². The van der Waals surface area contributed by atoms with E-state index in [0.717, 1.165) is 122 Å². The molecule has 0 aliphatic heterocycles. The first-order valence-corrected chi connectivity index (χ1v) is 27.1. The van der Waals surface area contributed by atoms with E-state index in [1.807, 2.05) is 0 Å².